The molecule has 2 aromatic rings. The molecular formula is C30H35F8N5O5S. The SMILES string of the molecule is CN1CC(C(=O)N(c2ccc(S(F)(F)(F)(F)F)cc2)C(C(=O)NC2CCC(F)(F)CC2)c2cncc(F)c2)N(C(=O)OC(C)(C)C)CC1=O. The van der Waals surface area contributed by atoms with Crippen molar-refractivity contribution in [3.8, 4) is 0 Å². The van der Waals surface area contributed by atoms with Gasteiger partial charge >= 0.3 is 16.3 Å². The lowest BCUT2D eigenvalue weighted by molar-refractivity contribution is -0.141. The van der Waals surface area contributed by atoms with Crippen LogP contribution in [0, 0.1) is 5.82 Å². The molecule has 4 rings (SSSR count). The maximum atomic E-state index is 14.6. The summed E-state index contributed by atoms with van der Waals surface area (Å²) in [7, 11) is -8.93. The molecule has 0 bridgehead atoms. The summed E-state index contributed by atoms with van der Waals surface area (Å²) in [5.74, 6) is -6.93. The summed E-state index contributed by atoms with van der Waals surface area (Å²) in [6.07, 6.45) is -0.980. The summed E-state index contributed by atoms with van der Waals surface area (Å²) in [6, 6.07) is -2.74. The molecule has 1 N–H and O–H groups in total. The first-order chi connectivity index (χ1) is 22.2. The highest BCUT2D eigenvalue weighted by Gasteiger charge is 2.65. The highest BCUT2D eigenvalue weighted by Crippen LogP contribution is 3.02. The lowest BCUT2D eigenvalue weighted by atomic mass is 9.91. The van der Waals surface area contributed by atoms with E-state index in [0.29, 0.717) is 17.0 Å². The lowest BCUT2D eigenvalue weighted by Crippen LogP contribution is -2.63. The Morgan fingerprint density at radius 1 is 1.04 bits per heavy atom. The number of amides is 4. The van der Waals surface area contributed by atoms with Crippen LogP contribution in [0.2, 0.25) is 0 Å². The molecule has 1 aromatic carbocycles. The predicted molar refractivity (Wildman–Crippen MR) is 162 cm³/mol. The van der Waals surface area contributed by atoms with Gasteiger partial charge in [-0.1, -0.05) is 19.4 Å². The molecule has 10 nitrogen and oxygen atoms in total. The molecule has 19 heteroatoms. The highest BCUT2D eigenvalue weighted by molar-refractivity contribution is 8.45. The summed E-state index contributed by atoms with van der Waals surface area (Å²) >= 11 is 0. The fraction of sp³-hybridized carbons (Fsp3) is 0.500. The zero-order valence-corrected chi connectivity index (χ0v) is 27.6. The third-order valence-corrected chi connectivity index (χ3v) is 9.04. The molecule has 2 heterocycles. The van der Waals surface area contributed by atoms with E-state index in [1.807, 2.05) is 0 Å². The van der Waals surface area contributed by atoms with E-state index in [9.17, 15) is 51.8 Å². The van der Waals surface area contributed by atoms with Gasteiger partial charge in [0, 0.05) is 43.4 Å². The number of halogens is 8. The summed E-state index contributed by atoms with van der Waals surface area (Å²) in [6.45, 7) is 3.30. The van der Waals surface area contributed by atoms with Gasteiger partial charge in [0.1, 0.15) is 34.9 Å². The van der Waals surface area contributed by atoms with Crippen LogP contribution < -0.4 is 10.2 Å². The monoisotopic (exact) mass is 729 g/mol. The summed E-state index contributed by atoms with van der Waals surface area (Å²) in [5, 5.41) is 2.53. The number of nitrogens with zero attached hydrogens (tertiary/aromatic N) is 4. The number of likely N-dealkylation sites (N-methyl/N-ethyl adjacent to an activating group) is 1. The molecule has 1 saturated heterocycles. The molecule has 49 heavy (non-hydrogen) atoms. The topological polar surface area (TPSA) is 112 Å². The Morgan fingerprint density at radius 3 is 2.16 bits per heavy atom. The average Bonchev–Trinajstić information content (AvgIpc) is 2.95. The maximum Gasteiger partial charge on any atom is 0.411 e. The molecule has 0 spiro atoms. The highest BCUT2D eigenvalue weighted by atomic mass is 32.5. The van der Waals surface area contributed by atoms with Crippen molar-refractivity contribution in [2.75, 3.05) is 25.0 Å². The first-order valence-electron chi connectivity index (χ1n) is 14.9. The van der Waals surface area contributed by atoms with Gasteiger partial charge in [0.2, 0.25) is 17.7 Å². The third-order valence-electron chi connectivity index (χ3n) is 7.88. The molecule has 4 amide bonds. The van der Waals surface area contributed by atoms with E-state index in [2.05, 4.69) is 10.3 Å². The molecular weight excluding hydrogens is 694 g/mol. The molecule has 2 aliphatic rings. The fourth-order valence-corrected chi connectivity index (χ4v) is 6.10. The molecule has 272 valence electrons. The first kappa shape index (κ1) is 37.7. The standard InChI is InChI=1S/C30H35F8N5O5S/c1-29(2,3)48-28(47)42-17-24(44)41(4)16-23(42)27(46)43(21-5-7-22(8-6-21)49(34,35,36,37)38)25(18-13-19(31)15-39-14-18)26(45)40-20-9-11-30(32,33)12-10-20/h5-8,13-15,20,23,25H,9-12,16-17H2,1-4H3,(H,40,45). The van der Waals surface area contributed by atoms with Crippen molar-refractivity contribution in [2.45, 2.75) is 81.0 Å². The summed E-state index contributed by atoms with van der Waals surface area (Å²) < 4.78 is 116. The van der Waals surface area contributed by atoms with Gasteiger partial charge < -0.3 is 15.0 Å². The fourth-order valence-electron chi connectivity index (χ4n) is 5.45. The zero-order valence-electron chi connectivity index (χ0n) is 26.8. The van der Waals surface area contributed by atoms with Crippen LogP contribution >= 0.6 is 10.2 Å². The largest absolute Gasteiger partial charge is 0.444 e. The van der Waals surface area contributed by atoms with Crippen LogP contribution in [-0.4, -0.2) is 82.3 Å². The van der Waals surface area contributed by atoms with Gasteiger partial charge in [-0.3, -0.25) is 29.2 Å². The Labute approximate surface area is 276 Å². The molecule has 1 saturated carbocycles. The van der Waals surface area contributed by atoms with Gasteiger partial charge in [-0.15, -0.1) is 0 Å². The van der Waals surface area contributed by atoms with Crippen LogP contribution in [-0.2, 0) is 19.1 Å². The molecule has 1 aliphatic heterocycles. The number of aromatic nitrogens is 1. The quantitative estimate of drug-likeness (QED) is 0.317. The molecule has 2 fully saturated rings. The second-order valence-electron chi connectivity index (χ2n) is 13.0. The van der Waals surface area contributed by atoms with Gasteiger partial charge in [0.15, 0.2) is 0 Å². The van der Waals surface area contributed by atoms with E-state index in [1.165, 1.54) is 27.8 Å². The van der Waals surface area contributed by atoms with Gasteiger partial charge in [0.05, 0.1) is 12.7 Å². The van der Waals surface area contributed by atoms with Crippen molar-refractivity contribution in [1.82, 2.24) is 20.1 Å². The number of alkyl halides is 2. The van der Waals surface area contributed by atoms with Crippen molar-refractivity contribution < 1.29 is 56.5 Å². The van der Waals surface area contributed by atoms with Crippen molar-refractivity contribution in [3.63, 3.8) is 0 Å². The van der Waals surface area contributed by atoms with Crippen molar-refractivity contribution in [2.24, 2.45) is 0 Å². The maximum absolute atomic E-state index is 14.6. The number of rotatable bonds is 7. The van der Waals surface area contributed by atoms with E-state index in [4.69, 9.17) is 4.74 Å². The zero-order chi connectivity index (χ0) is 36.8. The average molecular weight is 730 g/mol. The molecule has 2 unspecified atom stereocenters. The van der Waals surface area contributed by atoms with Crippen LogP contribution in [0.1, 0.15) is 58.1 Å². The lowest BCUT2D eigenvalue weighted by Gasteiger charge is -2.43. The predicted octanol–water partition coefficient (Wildman–Crippen LogP) is 6.72. The molecule has 2 atom stereocenters. The minimum Gasteiger partial charge on any atom is -0.444 e. The van der Waals surface area contributed by atoms with Crippen LogP contribution in [0.5, 0.6) is 0 Å². The van der Waals surface area contributed by atoms with Crippen LogP contribution in [0.3, 0.4) is 0 Å². The summed E-state index contributed by atoms with van der Waals surface area (Å²) in [4.78, 5) is 58.3. The Kier molecular flexibility index (Phi) is 9.46. The van der Waals surface area contributed by atoms with E-state index in [0.717, 1.165) is 28.3 Å². The Hall–Kier alpha value is -4.16. The third kappa shape index (κ3) is 9.30. The summed E-state index contributed by atoms with van der Waals surface area (Å²) in [5.41, 5.74) is -2.03. The minimum atomic E-state index is -10.2. The molecule has 1 aromatic heterocycles. The smallest absolute Gasteiger partial charge is 0.411 e. The Balaban J connectivity index is 1.88. The number of benzene rings is 1. The Bertz CT molecular complexity index is 1610. The van der Waals surface area contributed by atoms with E-state index >= 15 is 0 Å². The van der Waals surface area contributed by atoms with E-state index in [-0.39, 0.29) is 30.5 Å². The molecule has 1 aliphatic carbocycles. The number of carbonyl (C=O) groups excluding carboxylic acids is 4. The number of anilines is 1. The van der Waals surface area contributed by atoms with Gasteiger partial charge in [-0.2, -0.15) is 0 Å². The van der Waals surface area contributed by atoms with Crippen LogP contribution in [0.15, 0.2) is 47.6 Å². The van der Waals surface area contributed by atoms with Crippen LogP contribution in [0.25, 0.3) is 0 Å². The van der Waals surface area contributed by atoms with Gasteiger partial charge in [-0.25, -0.2) is 18.0 Å². The van der Waals surface area contributed by atoms with Gasteiger partial charge in [-0.05, 0) is 63.9 Å². The van der Waals surface area contributed by atoms with E-state index in [1.54, 1.807) is 0 Å². The number of hydrogen-bond acceptors (Lipinski definition) is 6. The van der Waals surface area contributed by atoms with Crippen molar-refractivity contribution in [1.29, 1.82) is 0 Å². The minimum absolute atomic E-state index is 0.00132. The van der Waals surface area contributed by atoms with Crippen molar-refractivity contribution >= 4 is 39.7 Å². The number of ether oxygens (including phenoxy) is 1. The number of pyridine rings is 1. The number of carbonyl (C=O) groups is 4. The second kappa shape index (κ2) is 12.3. The first-order valence-corrected chi connectivity index (χ1v) is 16.9. The van der Waals surface area contributed by atoms with Crippen LogP contribution in [0.4, 0.5) is 43.1 Å². The number of piperazine rings is 1. The Morgan fingerprint density at radius 2 is 1.63 bits per heavy atom. The number of nitrogens with one attached hydrogen (secondary N) is 1. The second-order valence-corrected chi connectivity index (χ2v) is 15.5. The van der Waals surface area contributed by atoms with Crippen molar-refractivity contribution in [3.05, 3.63) is 54.1 Å². The molecule has 0 radical (unpaired) electrons. The normalized spacial score (nSPS) is 20.9. The van der Waals surface area contributed by atoms with E-state index < -0.39 is 106 Å². The van der Waals surface area contributed by atoms with Gasteiger partial charge in [0.25, 0.3) is 5.91 Å². The number of hydrogen-bond donors (Lipinski definition) is 1.